The second-order valence-corrected chi connectivity index (χ2v) is 6.41. The second kappa shape index (κ2) is 8.52. The average molecular weight is 360 g/mol. The van der Waals surface area contributed by atoms with Crippen LogP contribution in [0.5, 0.6) is 0 Å². The van der Waals surface area contributed by atoms with Crippen LogP contribution in [0.25, 0.3) is 0 Å². The van der Waals surface area contributed by atoms with E-state index >= 15 is 0 Å². The molecule has 1 amide bonds. The molecular formula is C16H21Cl2N2O3+. The van der Waals surface area contributed by atoms with E-state index in [0.717, 1.165) is 24.3 Å². The molecule has 1 aromatic carbocycles. The van der Waals surface area contributed by atoms with Crippen molar-refractivity contribution in [2.24, 2.45) is 5.92 Å². The lowest BCUT2D eigenvalue weighted by Crippen LogP contribution is -3.14. The highest BCUT2D eigenvalue weighted by Crippen LogP contribution is 2.29. The van der Waals surface area contributed by atoms with Crippen LogP contribution in [0.2, 0.25) is 10.0 Å². The summed E-state index contributed by atoms with van der Waals surface area (Å²) in [7, 11) is 0. The van der Waals surface area contributed by atoms with E-state index in [1.165, 1.54) is 0 Å². The maximum absolute atomic E-state index is 12.2. The number of rotatable bonds is 5. The maximum Gasteiger partial charge on any atom is 0.314 e. The van der Waals surface area contributed by atoms with E-state index in [1.807, 2.05) is 0 Å². The van der Waals surface area contributed by atoms with Crippen molar-refractivity contribution in [3.8, 4) is 0 Å². The Balaban J connectivity index is 1.89. The number of carbonyl (C=O) groups is 2. The Hall–Kier alpha value is -1.30. The van der Waals surface area contributed by atoms with Gasteiger partial charge >= 0.3 is 5.97 Å². The zero-order chi connectivity index (χ0) is 16.8. The Bertz CT molecular complexity index is 580. The summed E-state index contributed by atoms with van der Waals surface area (Å²) in [6.45, 7) is 3.97. The molecule has 0 aromatic heterocycles. The molecule has 2 rings (SSSR count). The number of esters is 1. The van der Waals surface area contributed by atoms with E-state index in [2.05, 4.69) is 5.32 Å². The van der Waals surface area contributed by atoms with Crippen LogP contribution >= 0.6 is 23.2 Å². The molecule has 1 fully saturated rings. The summed E-state index contributed by atoms with van der Waals surface area (Å²) in [5, 5.41) is 3.51. The van der Waals surface area contributed by atoms with Gasteiger partial charge in [0.15, 0.2) is 6.54 Å². The minimum absolute atomic E-state index is 0.124. The highest BCUT2D eigenvalue weighted by molar-refractivity contribution is 6.43. The van der Waals surface area contributed by atoms with Gasteiger partial charge in [-0.1, -0.05) is 29.3 Å². The topological polar surface area (TPSA) is 59.8 Å². The third-order valence-electron chi connectivity index (χ3n) is 3.87. The summed E-state index contributed by atoms with van der Waals surface area (Å²) < 4.78 is 5.07. The van der Waals surface area contributed by atoms with Crippen molar-refractivity contribution in [2.45, 2.75) is 19.8 Å². The lowest BCUT2D eigenvalue weighted by molar-refractivity contribution is -0.899. The Morgan fingerprint density at radius 2 is 2.17 bits per heavy atom. The second-order valence-electron chi connectivity index (χ2n) is 5.62. The fourth-order valence-corrected chi connectivity index (χ4v) is 3.14. The number of piperidine rings is 1. The van der Waals surface area contributed by atoms with Crippen molar-refractivity contribution in [3.63, 3.8) is 0 Å². The number of likely N-dealkylation sites (tertiary alicyclic amines) is 1. The van der Waals surface area contributed by atoms with Crippen LogP contribution in [0.4, 0.5) is 5.69 Å². The molecule has 2 atom stereocenters. The maximum atomic E-state index is 12.2. The first-order chi connectivity index (χ1) is 11.0. The molecule has 0 radical (unpaired) electrons. The molecule has 7 heteroatoms. The fraction of sp³-hybridized carbons (Fsp3) is 0.500. The SMILES string of the molecule is CCOC(=O)[C@@H]1CCC[NH+](CC(=O)Nc2cccc(Cl)c2Cl)C1. The average Bonchev–Trinajstić information content (AvgIpc) is 2.52. The number of hydrogen-bond acceptors (Lipinski definition) is 3. The predicted molar refractivity (Wildman–Crippen MR) is 90.0 cm³/mol. The van der Waals surface area contributed by atoms with E-state index in [9.17, 15) is 9.59 Å². The van der Waals surface area contributed by atoms with Gasteiger partial charge in [-0.15, -0.1) is 0 Å². The molecule has 0 spiro atoms. The van der Waals surface area contributed by atoms with Gasteiger partial charge in [0.25, 0.3) is 5.91 Å². The summed E-state index contributed by atoms with van der Waals surface area (Å²) in [6, 6.07) is 5.10. The normalized spacial score (nSPS) is 20.8. The number of carbonyl (C=O) groups excluding carboxylic acids is 2. The molecule has 0 aliphatic carbocycles. The molecular weight excluding hydrogens is 339 g/mol. The molecule has 1 unspecified atom stereocenters. The summed E-state index contributed by atoms with van der Waals surface area (Å²) in [5.74, 6) is -0.432. The van der Waals surface area contributed by atoms with Gasteiger partial charge in [-0.05, 0) is 31.9 Å². The van der Waals surface area contributed by atoms with Crippen molar-refractivity contribution in [2.75, 3.05) is 31.6 Å². The first kappa shape index (κ1) is 18.0. The summed E-state index contributed by atoms with van der Waals surface area (Å²) in [6.07, 6.45) is 1.73. The van der Waals surface area contributed by atoms with Crippen molar-refractivity contribution in [3.05, 3.63) is 28.2 Å². The summed E-state index contributed by atoms with van der Waals surface area (Å²) in [4.78, 5) is 25.1. The van der Waals surface area contributed by atoms with Gasteiger partial charge in [0.05, 0.1) is 35.4 Å². The molecule has 126 valence electrons. The van der Waals surface area contributed by atoms with Gasteiger partial charge in [0.1, 0.15) is 5.92 Å². The molecule has 5 nitrogen and oxygen atoms in total. The number of hydrogen-bond donors (Lipinski definition) is 2. The fourth-order valence-electron chi connectivity index (χ4n) is 2.79. The Kier molecular flexibility index (Phi) is 6.69. The summed E-state index contributed by atoms with van der Waals surface area (Å²) >= 11 is 12.0. The van der Waals surface area contributed by atoms with Crippen LogP contribution < -0.4 is 10.2 Å². The highest BCUT2D eigenvalue weighted by Gasteiger charge is 2.30. The lowest BCUT2D eigenvalue weighted by atomic mass is 9.98. The van der Waals surface area contributed by atoms with Gasteiger partial charge in [-0.2, -0.15) is 0 Å². The monoisotopic (exact) mass is 359 g/mol. The molecule has 0 bridgehead atoms. The van der Waals surface area contributed by atoms with Gasteiger partial charge in [0.2, 0.25) is 0 Å². The van der Waals surface area contributed by atoms with E-state index in [0.29, 0.717) is 35.4 Å². The van der Waals surface area contributed by atoms with E-state index in [1.54, 1.807) is 25.1 Å². The van der Waals surface area contributed by atoms with Gasteiger partial charge in [-0.25, -0.2) is 0 Å². The van der Waals surface area contributed by atoms with Crippen molar-refractivity contribution in [1.29, 1.82) is 0 Å². The van der Waals surface area contributed by atoms with E-state index in [4.69, 9.17) is 27.9 Å². The molecule has 1 aliphatic rings. The molecule has 23 heavy (non-hydrogen) atoms. The highest BCUT2D eigenvalue weighted by atomic mass is 35.5. The van der Waals surface area contributed by atoms with E-state index < -0.39 is 0 Å². The van der Waals surface area contributed by atoms with Gasteiger partial charge in [-0.3, -0.25) is 9.59 Å². The quantitative estimate of drug-likeness (QED) is 0.788. The zero-order valence-electron chi connectivity index (χ0n) is 13.0. The van der Waals surface area contributed by atoms with Crippen molar-refractivity contribution in [1.82, 2.24) is 0 Å². The molecule has 2 N–H and O–H groups in total. The smallest absolute Gasteiger partial charge is 0.314 e. The number of quaternary nitrogens is 1. The Morgan fingerprint density at radius 1 is 1.39 bits per heavy atom. The van der Waals surface area contributed by atoms with Crippen molar-refractivity contribution < 1.29 is 19.2 Å². The lowest BCUT2D eigenvalue weighted by Gasteiger charge is -2.28. The third kappa shape index (κ3) is 5.09. The molecule has 1 aromatic rings. The minimum atomic E-state index is -0.164. The van der Waals surface area contributed by atoms with Crippen molar-refractivity contribution >= 4 is 40.8 Å². The van der Waals surface area contributed by atoms with Crippen LogP contribution in [0.1, 0.15) is 19.8 Å². The van der Waals surface area contributed by atoms with E-state index in [-0.39, 0.29) is 17.8 Å². The first-order valence-electron chi connectivity index (χ1n) is 7.75. The minimum Gasteiger partial charge on any atom is -0.466 e. The third-order valence-corrected chi connectivity index (χ3v) is 4.69. The first-order valence-corrected chi connectivity index (χ1v) is 8.51. The Labute approximate surface area is 145 Å². The number of benzene rings is 1. The molecule has 0 saturated carbocycles. The molecule has 1 heterocycles. The number of anilines is 1. The van der Waals surface area contributed by atoms with Crippen LogP contribution in [-0.2, 0) is 14.3 Å². The zero-order valence-corrected chi connectivity index (χ0v) is 14.5. The Morgan fingerprint density at radius 3 is 2.91 bits per heavy atom. The number of ether oxygens (including phenoxy) is 1. The van der Waals surface area contributed by atoms with Crippen LogP contribution in [0.3, 0.4) is 0 Å². The van der Waals surface area contributed by atoms with Gasteiger partial charge < -0.3 is 15.0 Å². The largest absolute Gasteiger partial charge is 0.466 e. The molecule has 1 saturated heterocycles. The number of nitrogens with one attached hydrogen (secondary N) is 2. The van der Waals surface area contributed by atoms with Gasteiger partial charge in [0, 0.05) is 0 Å². The number of amides is 1. The van der Waals surface area contributed by atoms with Crippen LogP contribution in [-0.4, -0.2) is 38.1 Å². The standard InChI is InChI=1S/C16H20Cl2N2O3/c1-2-23-16(22)11-5-4-8-20(9-11)10-14(21)19-13-7-3-6-12(17)15(13)18/h3,6-7,11H,2,4-5,8-10H2,1H3,(H,19,21)/p+1/t11-/m1/s1. The van der Waals surface area contributed by atoms with Crippen LogP contribution in [0, 0.1) is 5.92 Å². The van der Waals surface area contributed by atoms with Crippen LogP contribution in [0.15, 0.2) is 18.2 Å². The summed E-state index contributed by atoms with van der Waals surface area (Å²) in [5.41, 5.74) is 0.502. The molecule has 1 aliphatic heterocycles. The number of halogens is 2. The predicted octanol–water partition coefficient (Wildman–Crippen LogP) is 1.79.